The fraction of sp³-hybridized carbons (Fsp3) is 0.900. The zero-order chi connectivity index (χ0) is 17.7. The highest BCUT2D eigenvalue weighted by Gasteiger charge is 2.77. The Morgan fingerprint density at radius 1 is 0.577 bits per heavy atom. The smallest absolute Gasteiger partial charge is 0.293 e. The Hall–Kier alpha value is 0.400. The fourth-order valence-corrected chi connectivity index (χ4v) is 13.3. The van der Waals surface area contributed by atoms with Crippen molar-refractivity contribution in [1.29, 1.82) is 0 Å². The standard InChI is InChI=1S/C20H24I2O4/c21-19-13-7-1-3-9(25-5-23)11(7)17-15(13)16-14(20(17)22)8-2-4-10(26-6-24)12(8)18(16)19/h5-20H,1-4H2/t7-,8+,9-,10+,11+,12-,13-,14+,15-,16-,17-,18+,19+,20+/m0/s1. The molecular weight excluding hydrogens is 558 g/mol. The van der Waals surface area contributed by atoms with Crippen LogP contribution in [-0.4, -0.2) is 33.0 Å². The lowest BCUT2D eigenvalue weighted by Crippen LogP contribution is -2.35. The van der Waals surface area contributed by atoms with Gasteiger partial charge in [-0.2, -0.15) is 0 Å². The van der Waals surface area contributed by atoms with E-state index in [9.17, 15) is 9.59 Å². The highest BCUT2D eigenvalue weighted by molar-refractivity contribution is 14.1. The quantitative estimate of drug-likeness (QED) is 0.290. The molecule has 0 aliphatic heterocycles. The lowest BCUT2D eigenvalue weighted by atomic mass is 9.79. The monoisotopic (exact) mass is 582 g/mol. The Morgan fingerprint density at radius 3 is 1.38 bits per heavy atom. The highest BCUT2D eigenvalue weighted by atomic mass is 127. The summed E-state index contributed by atoms with van der Waals surface area (Å²) < 4.78 is 12.6. The minimum Gasteiger partial charge on any atom is -0.464 e. The molecule has 0 aromatic carbocycles. The average Bonchev–Trinajstić information content (AvgIpc) is 3.37. The maximum absolute atomic E-state index is 11.1. The van der Waals surface area contributed by atoms with Crippen LogP contribution in [0.3, 0.4) is 0 Å². The van der Waals surface area contributed by atoms with Crippen molar-refractivity contribution in [2.45, 2.75) is 45.7 Å². The number of alkyl halides is 2. The van der Waals surface area contributed by atoms with E-state index in [2.05, 4.69) is 45.2 Å². The zero-order valence-electron chi connectivity index (χ0n) is 14.5. The molecule has 14 atom stereocenters. The maximum atomic E-state index is 11.1. The van der Waals surface area contributed by atoms with E-state index in [0.29, 0.717) is 32.6 Å². The predicted octanol–water partition coefficient (Wildman–Crippen LogP) is 3.48. The number of carbonyl (C=O) groups is 2. The van der Waals surface area contributed by atoms with Gasteiger partial charge in [0, 0.05) is 19.7 Å². The lowest BCUT2D eigenvalue weighted by Gasteiger charge is -2.33. The minimum atomic E-state index is 0.164. The SMILES string of the molecule is O=CO[C@H]1CC[C@@H]2[C@@H]3[C@@H](I)[C@H]4[C@@H]5[C@H]3[C@@H]([C@H](I)[C@@H]5[C@@H]3CC[C@@H](OC=O)[C@H]34)[C@H]21. The maximum Gasteiger partial charge on any atom is 0.293 e. The molecule has 4 nitrogen and oxygen atoms in total. The molecule has 6 aliphatic carbocycles. The van der Waals surface area contributed by atoms with Crippen LogP contribution in [0.1, 0.15) is 25.7 Å². The summed E-state index contributed by atoms with van der Waals surface area (Å²) in [5.74, 6) is 7.39. The summed E-state index contributed by atoms with van der Waals surface area (Å²) in [6.07, 6.45) is 4.91. The van der Waals surface area contributed by atoms with E-state index >= 15 is 0 Å². The van der Waals surface area contributed by atoms with Crippen LogP contribution < -0.4 is 0 Å². The van der Waals surface area contributed by atoms with Gasteiger partial charge in [-0.25, -0.2) is 0 Å². The molecule has 0 radical (unpaired) electrons. The molecule has 0 unspecified atom stereocenters. The number of hydrogen-bond acceptors (Lipinski definition) is 4. The molecule has 6 fully saturated rings. The summed E-state index contributed by atoms with van der Waals surface area (Å²) in [6.45, 7) is 1.38. The first-order valence-electron chi connectivity index (χ1n) is 10.2. The normalized spacial score (nSPS) is 63.5. The Morgan fingerprint density at radius 2 is 1.00 bits per heavy atom. The van der Waals surface area contributed by atoms with E-state index in [4.69, 9.17) is 9.47 Å². The summed E-state index contributed by atoms with van der Waals surface area (Å²) in [5, 5.41) is 0. The number of rotatable bonds is 4. The molecule has 0 aromatic rings. The van der Waals surface area contributed by atoms with Crippen molar-refractivity contribution in [2.24, 2.45) is 59.2 Å². The van der Waals surface area contributed by atoms with Gasteiger partial charge < -0.3 is 9.47 Å². The van der Waals surface area contributed by atoms with Crippen molar-refractivity contribution in [3.8, 4) is 0 Å². The molecular formula is C20H24I2O4. The van der Waals surface area contributed by atoms with Crippen molar-refractivity contribution < 1.29 is 19.1 Å². The van der Waals surface area contributed by atoms with Gasteiger partial charge >= 0.3 is 0 Å². The lowest BCUT2D eigenvalue weighted by molar-refractivity contribution is -0.137. The molecule has 6 rings (SSSR count). The third-order valence-electron chi connectivity index (χ3n) is 9.45. The molecule has 0 heterocycles. The van der Waals surface area contributed by atoms with Gasteiger partial charge in [-0.3, -0.25) is 9.59 Å². The first-order chi connectivity index (χ1) is 12.7. The second-order valence-electron chi connectivity index (χ2n) is 9.53. The van der Waals surface area contributed by atoms with Crippen LogP contribution >= 0.6 is 45.2 Å². The van der Waals surface area contributed by atoms with Crippen molar-refractivity contribution in [2.75, 3.05) is 0 Å². The molecule has 26 heavy (non-hydrogen) atoms. The van der Waals surface area contributed by atoms with Gasteiger partial charge in [0.05, 0.1) is 0 Å². The second kappa shape index (κ2) is 5.95. The van der Waals surface area contributed by atoms with Crippen LogP contribution in [-0.2, 0) is 19.1 Å². The van der Waals surface area contributed by atoms with E-state index < -0.39 is 0 Å². The molecule has 6 aliphatic rings. The largest absolute Gasteiger partial charge is 0.464 e. The molecule has 0 spiro atoms. The molecule has 6 heteroatoms. The van der Waals surface area contributed by atoms with E-state index in [-0.39, 0.29) is 12.2 Å². The van der Waals surface area contributed by atoms with E-state index in [1.165, 1.54) is 12.8 Å². The Bertz CT molecular complexity index is 589. The van der Waals surface area contributed by atoms with Crippen molar-refractivity contribution in [1.82, 2.24) is 0 Å². The van der Waals surface area contributed by atoms with Gasteiger partial charge in [0.25, 0.3) is 12.9 Å². The third-order valence-corrected chi connectivity index (χ3v) is 12.8. The predicted molar refractivity (Wildman–Crippen MR) is 111 cm³/mol. The van der Waals surface area contributed by atoms with Crippen LogP contribution in [0.15, 0.2) is 0 Å². The molecule has 0 aromatic heterocycles. The van der Waals surface area contributed by atoms with Gasteiger partial charge in [0.15, 0.2) is 0 Å². The van der Waals surface area contributed by atoms with Crippen LogP contribution in [0, 0.1) is 59.2 Å². The number of carbonyl (C=O) groups excluding carboxylic acids is 2. The number of fused-ring (bicyclic) bond motifs is 6. The molecule has 0 amide bonds. The Labute approximate surface area is 181 Å². The minimum absolute atomic E-state index is 0.164. The molecule has 142 valence electrons. The first-order valence-corrected chi connectivity index (χ1v) is 12.6. The highest BCUT2D eigenvalue weighted by Crippen LogP contribution is 2.78. The number of hydrogen-bond donors (Lipinski definition) is 0. The van der Waals surface area contributed by atoms with Crippen molar-refractivity contribution in [3.63, 3.8) is 0 Å². The van der Waals surface area contributed by atoms with Crippen molar-refractivity contribution >= 4 is 58.1 Å². The van der Waals surface area contributed by atoms with E-state index in [1.807, 2.05) is 0 Å². The van der Waals surface area contributed by atoms with Gasteiger partial charge in [-0.15, -0.1) is 0 Å². The van der Waals surface area contributed by atoms with Crippen LogP contribution in [0.2, 0.25) is 0 Å². The van der Waals surface area contributed by atoms with E-state index in [1.54, 1.807) is 0 Å². The molecule has 6 saturated carbocycles. The summed E-state index contributed by atoms with van der Waals surface area (Å²) in [7, 11) is 0. The van der Waals surface area contributed by atoms with Crippen molar-refractivity contribution in [3.05, 3.63) is 0 Å². The van der Waals surface area contributed by atoms with Gasteiger partial charge in [-0.05, 0) is 73.0 Å². The zero-order valence-corrected chi connectivity index (χ0v) is 18.8. The fourth-order valence-electron chi connectivity index (χ4n) is 9.34. The summed E-state index contributed by atoms with van der Waals surface area (Å²) in [5.41, 5.74) is 0. The molecule has 0 N–H and O–H groups in total. The summed E-state index contributed by atoms with van der Waals surface area (Å²) >= 11 is 5.53. The van der Waals surface area contributed by atoms with Crippen LogP contribution in [0.5, 0.6) is 0 Å². The second-order valence-corrected chi connectivity index (χ2v) is 12.4. The average molecular weight is 582 g/mol. The van der Waals surface area contributed by atoms with Crippen LogP contribution in [0.25, 0.3) is 0 Å². The van der Waals surface area contributed by atoms with Gasteiger partial charge in [-0.1, -0.05) is 45.2 Å². The summed E-state index contributed by atoms with van der Waals surface area (Å²) in [4.78, 5) is 22.1. The van der Waals surface area contributed by atoms with Crippen LogP contribution in [0.4, 0.5) is 0 Å². The van der Waals surface area contributed by atoms with E-state index in [0.717, 1.165) is 60.2 Å². The van der Waals surface area contributed by atoms with Gasteiger partial charge in [0.1, 0.15) is 12.2 Å². The third kappa shape index (κ3) is 1.88. The topological polar surface area (TPSA) is 52.6 Å². The molecule has 0 saturated heterocycles. The number of halogens is 2. The Kier molecular flexibility index (Phi) is 3.96. The van der Waals surface area contributed by atoms with Gasteiger partial charge in [0.2, 0.25) is 0 Å². The first kappa shape index (κ1) is 17.3. The summed E-state index contributed by atoms with van der Waals surface area (Å²) in [6, 6.07) is 0. The molecule has 0 bridgehead atoms. The Balaban J connectivity index is 1.40. The number of ether oxygens (including phenoxy) is 2.